The SMILES string of the molecule is CC(C)(C(=O)N1CCCC1)c1cccc(Cl)c1. The van der Waals surface area contributed by atoms with E-state index in [1.807, 2.05) is 43.0 Å². The Hall–Kier alpha value is -1.02. The van der Waals surface area contributed by atoms with Gasteiger partial charge < -0.3 is 4.90 Å². The average molecular weight is 252 g/mol. The molecule has 17 heavy (non-hydrogen) atoms. The summed E-state index contributed by atoms with van der Waals surface area (Å²) in [5, 5.41) is 0.685. The third-order valence-electron chi connectivity index (χ3n) is 3.47. The van der Waals surface area contributed by atoms with Crippen LogP contribution in [-0.4, -0.2) is 23.9 Å². The smallest absolute Gasteiger partial charge is 0.232 e. The number of likely N-dealkylation sites (tertiary alicyclic amines) is 1. The zero-order valence-electron chi connectivity index (χ0n) is 10.4. The number of halogens is 1. The predicted molar refractivity (Wildman–Crippen MR) is 70.3 cm³/mol. The molecule has 1 aliphatic rings. The molecule has 0 atom stereocenters. The lowest BCUT2D eigenvalue weighted by Crippen LogP contribution is -2.41. The van der Waals surface area contributed by atoms with Crippen LogP contribution in [0.3, 0.4) is 0 Å². The summed E-state index contributed by atoms with van der Waals surface area (Å²) >= 11 is 5.99. The maximum Gasteiger partial charge on any atom is 0.232 e. The van der Waals surface area contributed by atoms with Gasteiger partial charge in [0.25, 0.3) is 0 Å². The molecule has 0 radical (unpaired) electrons. The van der Waals surface area contributed by atoms with Gasteiger partial charge in [0.2, 0.25) is 5.91 Å². The minimum absolute atomic E-state index is 0.206. The summed E-state index contributed by atoms with van der Waals surface area (Å²) in [7, 11) is 0. The molecular formula is C14H18ClNO. The summed E-state index contributed by atoms with van der Waals surface area (Å²) in [5.74, 6) is 0.206. The van der Waals surface area contributed by atoms with Crippen molar-refractivity contribution in [3.63, 3.8) is 0 Å². The summed E-state index contributed by atoms with van der Waals surface area (Å²) in [5.41, 5.74) is 0.497. The molecule has 1 heterocycles. The highest BCUT2D eigenvalue weighted by Gasteiger charge is 2.34. The molecule has 1 saturated heterocycles. The quantitative estimate of drug-likeness (QED) is 0.790. The lowest BCUT2D eigenvalue weighted by atomic mass is 9.83. The average Bonchev–Trinajstić information content (AvgIpc) is 2.81. The monoisotopic (exact) mass is 251 g/mol. The molecule has 1 amide bonds. The Kier molecular flexibility index (Phi) is 3.43. The van der Waals surface area contributed by atoms with Crippen molar-refractivity contribution in [2.24, 2.45) is 0 Å². The first-order valence-electron chi connectivity index (χ1n) is 6.07. The van der Waals surface area contributed by atoms with Gasteiger partial charge in [-0.3, -0.25) is 4.79 Å². The number of benzene rings is 1. The van der Waals surface area contributed by atoms with Gasteiger partial charge in [0.15, 0.2) is 0 Å². The fraction of sp³-hybridized carbons (Fsp3) is 0.500. The summed E-state index contributed by atoms with van der Waals surface area (Å²) in [6.07, 6.45) is 2.24. The third-order valence-corrected chi connectivity index (χ3v) is 3.71. The maximum absolute atomic E-state index is 12.5. The molecule has 0 saturated carbocycles. The van der Waals surface area contributed by atoms with Crippen LogP contribution in [0.1, 0.15) is 32.3 Å². The molecule has 2 rings (SSSR count). The van der Waals surface area contributed by atoms with Gasteiger partial charge in [-0.15, -0.1) is 0 Å². The van der Waals surface area contributed by atoms with E-state index in [0.717, 1.165) is 31.5 Å². The van der Waals surface area contributed by atoms with Crippen LogP contribution in [0.5, 0.6) is 0 Å². The molecule has 0 aromatic heterocycles. The second-order valence-electron chi connectivity index (χ2n) is 5.13. The predicted octanol–water partition coefficient (Wildman–Crippen LogP) is 3.24. The van der Waals surface area contributed by atoms with E-state index in [1.54, 1.807) is 0 Å². The van der Waals surface area contributed by atoms with Crippen LogP contribution in [0, 0.1) is 0 Å². The first-order valence-corrected chi connectivity index (χ1v) is 6.45. The normalized spacial score (nSPS) is 16.3. The lowest BCUT2D eigenvalue weighted by Gasteiger charge is -2.29. The summed E-state index contributed by atoms with van der Waals surface area (Å²) in [6, 6.07) is 7.59. The van der Waals surface area contributed by atoms with E-state index in [-0.39, 0.29) is 5.91 Å². The molecule has 0 spiro atoms. The zero-order chi connectivity index (χ0) is 12.5. The topological polar surface area (TPSA) is 20.3 Å². The van der Waals surface area contributed by atoms with E-state index in [0.29, 0.717) is 5.02 Å². The standard InChI is InChI=1S/C14H18ClNO/c1-14(2,11-6-5-7-12(15)10-11)13(17)16-8-3-4-9-16/h5-7,10H,3-4,8-9H2,1-2H3. The minimum Gasteiger partial charge on any atom is -0.342 e. The number of carbonyl (C=O) groups is 1. The van der Waals surface area contributed by atoms with Crippen molar-refractivity contribution in [3.8, 4) is 0 Å². The van der Waals surface area contributed by atoms with Crippen LogP contribution in [0.25, 0.3) is 0 Å². The van der Waals surface area contributed by atoms with Crippen LogP contribution in [0.2, 0.25) is 5.02 Å². The van der Waals surface area contributed by atoms with Crippen molar-refractivity contribution in [2.75, 3.05) is 13.1 Å². The van der Waals surface area contributed by atoms with Crippen LogP contribution in [0.15, 0.2) is 24.3 Å². The highest BCUT2D eigenvalue weighted by Crippen LogP contribution is 2.29. The second kappa shape index (κ2) is 4.69. The number of hydrogen-bond donors (Lipinski definition) is 0. The van der Waals surface area contributed by atoms with Crippen LogP contribution in [0.4, 0.5) is 0 Å². The molecule has 1 aliphatic heterocycles. The molecule has 0 N–H and O–H groups in total. The van der Waals surface area contributed by atoms with Gasteiger partial charge in [0, 0.05) is 18.1 Å². The summed E-state index contributed by atoms with van der Waals surface area (Å²) in [4.78, 5) is 14.4. The Morgan fingerprint density at radius 3 is 2.53 bits per heavy atom. The highest BCUT2D eigenvalue weighted by atomic mass is 35.5. The maximum atomic E-state index is 12.5. The summed E-state index contributed by atoms with van der Waals surface area (Å²) < 4.78 is 0. The summed E-state index contributed by atoms with van der Waals surface area (Å²) in [6.45, 7) is 5.73. The molecule has 0 unspecified atom stereocenters. The minimum atomic E-state index is -0.491. The van der Waals surface area contributed by atoms with Crippen LogP contribution >= 0.6 is 11.6 Å². The number of nitrogens with zero attached hydrogens (tertiary/aromatic N) is 1. The first kappa shape index (κ1) is 12.4. The van der Waals surface area contributed by atoms with Crippen molar-refractivity contribution in [1.82, 2.24) is 4.90 Å². The van der Waals surface area contributed by atoms with Crippen molar-refractivity contribution < 1.29 is 4.79 Å². The van der Waals surface area contributed by atoms with Crippen molar-refractivity contribution in [2.45, 2.75) is 32.1 Å². The van der Waals surface area contributed by atoms with Gasteiger partial charge in [-0.25, -0.2) is 0 Å². The Bertz CT molecular complexity index is 422. The Morgan fingerprint density at radius 1 is 1.29 bits per heavy atom. The van der Waals surface area contributed by atoms with Gasteiger partial charge in [0.05, 0.1) is 5.41 Å². The van der Waals surface area contributed by atoms with E-state index in [1.165, 1.54) is 0 Å². The first-order chi connectivity index (χ1) is 8.01. The third kappa shape index (κ3) is 2.47. The fourth-order valence-electron chi connectivity index (χ4n) is 2.32. The molecule has 2 nitrogen and oxygen atoms in total. The largest absolute Gasteiger partial charge is 0.342 e. The molecule has 3 heteroatoms. The van der Waals surface area contributed by atoms with E-state index < -0.39 is 5.41 Å². The lowest BCUT2D eigenvalue weighted by molar-refractivity contribution is -0.135. The number of carbonyl (C=O) groups excluding carboxylic acids is 1. The molecule has 1 aromatic rings. The van der Waals surface area contributed by atoms with Crippen molar-refractivity contribution >= 4 is 17.5 Å². The van der Waals surface area contributed by atoms with Crippen molar-refractivity contribution in [3.05, 3.63) is 34.9 Å². The molecule has 0 bridgehead atoms. The number of hydrogen-bond acceptors (Lipinski definition) is 1. The van der Waals surface area contributed by atoms with Crippen LogP contribution in [-0.2, 0) is 10.2 Å². The zero-order valence-corrected chi connectivity index (χ0v) is 11.1. The van der Waals surface area contributed by atoms with Crippen LogP contribution < -0.4 is 0 Å². The number of rotatable bonds is 2. The highest BCUT2D eigenvalue weighted by molar-refractivity contribution is 6.30. The fourth-order valence-corrected chi connectivity index (χ4v) is 2.51. The van der Waals surface area contributed by atoms with Gasteiger partial charge >= 0.3 is 0 Å². The molecule has 92 valence electrons. The molecule has 0 aliphatic carbocycles. The Morgan fingerprint density at radius 2 is 1.94 bits per heavy atom. The Labute approximate surface area is 108 Å². The van der Waals surface area contributed by atoms with E-state index in [2.05, 4.69) is 0 Å². The Balaban J connectivity index is 2.25. The van der Waals surface area contributed by atoms with Crippen molar-refractivity contribution in [1.29, 1.82) is 0 Å². The molecule has 1 fully saturated rings. The second-order valence-corrected chi connectivity index (χ2v) is 5.57. The van der Waals surface area contributed by atoms with Gasteiger partial charge in [-0.05, 0) is 44.4 Å². The number of amides is 1. The van der Waals surface area contributed by atoms with Gasteiger partial charge in [-0.1, -0.05) is 23.7 Å². The van der Waals surface area contributed by atoms with Gasteiger partial charge in [-0.2, -0.15) is 0 Å². The van der Waals surface area contributed by atoms with E-state index >= 15 is 0 Å². The van der Waals surface area contributed by atoms with Gasteiger partial charge in [0.1, 0.15) is 0 Å². The molecular weight excluding hydrogens is 234 g/mol. The molecule has 1 aromatic carbocycles. The van der Waals surface area contributed by atoms with E-state index in [9.17, 15) is 4.79 Å². The van der Waals surface area contributed by atoms with E-state index in [4.69, 9.17) is 11.6 Å².